The number of halogens is 1. The van der Waals surface area contributed by atoms with Crippen molar-refractivity contribution in [2.75, 3.05) is 44.8 Å². The smallest absolute Gasteiger partial charge is 0.0822 e. The maximum absolute atomic E-state index is 6.21. The zero-order chi connectivity index (χ0) is 13.5. The van der Waals surface area contributed by atoms with Crippen LogP contribution in [0.3, 0.4) is 0 Å². The summed E-state index contributed by atoms with van der Waals surface area (Å²) in [6.07, 6.45) is 6.02. The summed E-state index contributed by atoms with van der Waals surface area (Å²) in [6, 6.07) is 2.00. The number of nitrogens with zero attached hydrogens (tertiary/aromatic N) is 2. The molecule has 0 aromatic carbocycles. The van der Waals surface area contributed by atoms with E-state index in [4.69, 9.17) is 16.3 Å². The van der Waals surface area contributed by atoms with Crippen LogP contribution in [0.15, 0.2) is 18.5 Å². The third kappa shape index (κ3) is 4.34. The van der Waals surface area contributed by atoms with Crippen molar-refractivity contribution in [2.45, 2.75) is 12.8 Å². The normalized spacial score (nSPS) is 19.7. The average Bonchev–Trinajstić information content (AvgIpc) is 2.44. The molecule has 1 saturated heterocycles. The van der Waals surface area contributed by atoms with Crippen molar-refractivity contribution in [1.82, 2.24) is 10.3 Å². The number of ether oxygens (including phenoxy) is 1. The van der Waals surface area contributed by atoms with Crippen molar-refractivity contribution in [3.05, 3.63) is 23.5 Å². The maximum atomic E-state index is 6.21. The van der Waals surface area contributed by atoms with Crippen molar-refractivity contribution in [2.24, 2.45) is 5.92 Å². The van der Waals surface area contributed by atoms with Crippen LogP contribution in [0.2, 0.25) is 5.02 Å². The molecule has 1 fully saturated rings. The van der Waals surface area contributed by atoms with Gasteiger partial charge < -0.3 is 15.0 Å². The predicted octanol–water partition coefficient (Wildman–Crippen LogP) is 2.19. The third-order valence-electron chi connectivity index (χ3n) is 3.53. The van der Waals surface area contributed by atoms with Crippen molar-refractivity contribution in [3.63, 3.8) is 0 Å². The first-order chi connectivity index (χ1) is 9.31. The lowest BCUT2D eigenvalue weighted by Gasteiger charge is -2.35. The summed E-state index contributed by atoms with van der Waals surface area (Å²) in [5, 5.41) is 4.19. The van der Waals surface area contributed by atoms with E-state index in [-0.39, 0.29) is 0 Å². The van der Waals surface area contributed by atoms with Gasteiger partial charge in [0.15, 0.2) is 0 Å². The number of aromatic nitrogens is 1. The van der Waals surface area contributed by atoms with E-state index in [0.717, 1.165) is 43.5 Å². The summed E-state index contributed by atoms with van der Waals surface area (Å²) in [5.41, 5.74) is 1.11. The fourth-order valence-corrected chi connectivity index (χ4v) is 2.79. The molecule has 0 spiro atoms. The Hall–Kier alpha value is -0.840. The Bertz CT molecular complexity index is 389. The summed E-state index contributed by atoms with van der Waals surface area (Å²) in [4.78, 5) is 6.42. The number of nitrogens with one attached hydrogen (secondary N) is 1. The first-order valence-corrected chi connectivity index (χ1v) is 7.23. The van der Waals surface area contributed by atoms with Gasteiger partial charge in [0.2, 0.25) is 0 Å². The van der Waals surface area contributed by atoms with E-state index in [2.05, 4.69) is 15.2 Å². The molecule has 1 aliphatic heterocycles. The van der Waals surface area contributed by atoms with Gasteiger partial charge in [0.25, 0.3) is 0 Å². The van der Waals surface area contributed by atoms with Crippen LogP contribution in [0.1, 0.15) is 12.8 Å². The second-order valence-electron chi connectivity index (χ2n) is 4.98. The highest BCUT2D eigenvalue weighted by Crippen LogP contribution is 2.28. The summed E-state index contributed by atoms with van der Waals surface area (Å²) in [7, 11) is 1.73. The molecular formula is C14H22ClN3O. The van der Waals surface area contributed by atoms with Crippen LogP contribution in [-0.2, 0) is 4.74 Å². The lowest BCUT2D eigenvalue weighted by molar-refractivity contribution is 0.197. The zero-order valence-corrected chi connectivity index (χ0v) is 12.2. The maximum Gasteiger partial charge on any atom is 0.0822 e. The molecule has 19 heavy (non-hydrogen) atoms. The second-order valence-corrected chi connectivity index (χ2v) is 5.39. The number of hydrogen-bond donors (Lipinski definition) is 1. The average molecular weight is 284 g/mol. The predicted molar refractivity (Wildman–Crippen MR) is 78.9 cm³/mol. The Labute approximate surface area is 120 Å². The minimum atomic E-state index is 0.676. The molecule has 106 valence electrons. The van der Waals surface area contributed by atoms with Crippen molar-refractivity contribution in [1.29, 1.82) is 0 Å². The number of anilines is 1. The molecule has 1 aromatic rings. The van der Waals surface area contributed by atoms with E-state index in [0.29, 0.717) is 5.92 Å². The van der Waals surface area contributed by atoms with E-state index in [1.807, 2.05) is 12.3 Å². The van der Waals surface area contributed by atoms with Gasteiger partial charge >= 0.3 is 0 Å². The van der Waals surface area contributed by atoms with Crippen LogP contribution >= 0.6 is 11.6 Å². The highest BCUT2D eigenvalue weighted by molar-refractivity contribution is 6.33. The molecule has 4 nitrogen and oxygen atoms in total. The minimum Gasteiger partial charge on any atom is -0.383 e. The van der Waals surface area contributed by atoms with E-state index in [9.17, 15) is 0 Å². The van der Waals surface area contributed by atoms with Crippen LogP contribution in [0, 0.1) is 5.92 Å². The quantitative estimate of drug-likeness (QED) is 0.812. The molecule has 0 radical (unpaired) electrons. The molecule has 0 aliphatic carbocycles. The van der Waals surface area contributed by atoms with Gasteiger partial charge in [0, 0.05) is 39.1 Å². The number of hydrogen-bond acceptors (Lipinski definition) is 4. The number of piperidine rings is 1. The molecule has 1 aliphatic rings. The van der Waals surface area contributed by atoms with Gasteiger partial charge in [-0.3, -0.25) is 4.98 Å². The Kier molecular flexibility index (Phi) is 5.89. The molecule has 5 heteroatoms. The van der Waals surface area contributed by atoms with E-state index < -0.39 is 0 Å². The van der Waals surface area contributed by atoms with Gasteiger partial charge in [-0.2, -0.15) is 0 Å². The molecule has 0 amide bonds. The topological polar surface area (TPSA) is 37.4 Å². The first-order valence-electron chi connectivity index (χ1n) is 6.85. The summed E-state index contributed by atoms with van der Waals surface area (Å²) >= 11 is 6.21. The van der Waals surface area contributed by atoms with Gasteiger partial charge in [-0.15, -0.1) is 0 Å². The Morgan fingerprint density at radius 1 is 1.58 bits per heavy atom. The monoisotopic (exact) mass is 283 g/mol. The van der Waals surface area contributed by atoms with Gasteiger partial charge in [-0.1, -0.05) is 11.6 Å². The molecule has 1 atom stereocenters. The van der Waals surface area contributed by atoms with Gasteiger partial charge in [-0.25, -0.2) is 0 Å². The third-order valence-corrected chi connectivity index (χ3v) is 3.82. The number of pyridine rings is 1. The molecule has 1 N–H and O–H groups in total. The minimum absolute atomic E-state index is 0.676. The van der Waals surface area contributed by atoms with Crippen molar-refractivity contribution >= 4 is 17.3 Å². The lowest BCUT2D eigenvalue weighted by atomic mass is 9.97. The van der Waals surface area contributed by atoms with Crippen LogP contribution in [-0.4, -0.2) is 44.9 Å². The van der Waals surface area contributed by atoms with Gasteiger partial charge in [-0.05, 0) is 31.4 Å². The highest BCUT2D eigenvalue weighted by Gasteiger charge is 2.21. The Morgan fingerprint density at radius 2 is 2.47 bits per heavy atom. The second kappa shape index (κ2) is 7.68. The SMILES string of the molecule is COCCNCC1CCCN(c2ccncc2Cl)C1. The summed E-state index contributed by atoms with van der Waals surface area (Å²) in [5.74, 6) is 0.676. The Morgan fingerprint density at radius 3 is 3.26 bits per heavy atom. The number of methoxy groups -OCH3 is 1. The van der Waals surface area contributed by atoms with Crippen molar-refractivity contribution < 1.29 is 4.74 Å². The van der Waals surface area contributed by atoms with E-state index in [1.54, 1.807) is 13.3 Å². The molecule has 1 unspecified atom stereocenters. The number of rotatable bonds is 6. The zero-order valence-electron chi connectivity index (χ0n) is 11.4. The first kappa shape index (κ1) is 14.6. The highest BCUT2D eigenvalue weighted by atomic mass is 35.5. The molecule has 2 rings (SSSR count). The van der Waals surface area contributed by atoms with E-state index in [1.165, 1.54) is 12.8 Å². The van der Waals surface area contributed by atoms with Gasteiger partial charge in [0.05, 0.1) is 17.3 Å². The van der Waals surface area contributed by atoms with Crippen molar-refractivity contribution in [3.8, 4) is 0 Å². The van der Waals surface area contributed by atoms with Crippen LogP contribution in [0.25, 0.3) is 0 Å². The molecule has 0 saturated carbocycles. The van der Waals surface area contributed by atoms with E-state index >= 15 is 0 Å². The largest absolute Gasteiger partial charge is 0.383 e. The summed E-state index contributed by atoms with van der Waals surface area (Å²) < 4.78 is 5.04. The molecule has 0 bridgehead atoms. The molecular weight excluding hydrogens is 262 g/mol. The van der Waals surface area contributed by atoms with Crippen LogP contribution < -0.4 is 10.2 Å². The van der Waals surface area contributed by atoms with Crippen LogP contribution in [0.5, 0.6) is 0 Å². The standard InChI is InChI=1S/C14H22ClN3O/c1-19-8-6-17-9-12-3-2-7-18(11-12)14-4-5-16-10-13(14)15/h4-5,10,12,17H,2-3,6-9,11H2,1H3. The molecule has 2 heterocycles. The van der Waals surface area contributed by atoms with Crippen LogP contribution in [0.4, 0.5) is 5.69 Å². The lowest BCUT2D eigenvalue weighted by Crippen LogP contribution is -2.40. The summed E-state index contributed by atoms with van der Waals surface area (Å²) in [6.45, 7) is 4.88. The fraction of sp³-hybridized carbons (Fsp3) is 0.643. The Balaban J connectivity index is 1.85. The van der Waals surface area contributed by atoms with Gasteiger partial charge in [0.1, 0.15) is 0 Å². The molecule has 1 aromatic heterocycles. The fourth-order valence-electron chi connectivity index (χ4n) is 2.56.